The summed E-state index contributed by atoms with van der Waals surface area (Å²) in [5.74, 6) is -1.10. The van der Waals surface area contributed by atoms with Gasteiger partial charge in [-0.3, -0.25) is 0 Å². The fourth-order valence-electron chi connectivity index (χ4n) is 2.27. The van der Waals surface area contributed by atoms with Crippen molar-refractivity contribution in [2.24, 2.45) is 0 Å². The van der Waals surface area contributed by atoms with Gasteiger partial charge in [0.2, 0.25) is 0 Å². The minimum Gasteiger partial charge on any atom is -0.478 e. The van der Waals surface area contributed by atoms with Crippen LogP contribution in [-0.2, 0) is 0 Å². The lowest BCUT2D eigenvalue weighted by atomic mass is 10.1. The Morgan fingerprint density at radius 1 is 1.26 bits per heavy atom. The molecule has 6 nitrogen and oxygen atoms in total. The number of carbonyl (C=O) groups excluding carboxylic acids is 1. The van der Waals surface area contributed by atoms with Gasteiger partial charge >= 0.3 is 12.0 Å². The molecule has 1 aromatic carbocycles. The molecule has 0 aromatic heterocycles. The van der Waals surface area contributed by atoms with Crippen molar-refractivity contribution < 1.29 is 14.7 Å². The van der Waals surface area contributed by atoms with Gasteiger partial charge in [-0.1, -0.05) is 12.8 Å². The molecule has 0 radical (unpaired) electrons. The number of anilines is 2. The number of nitrogens with two attached hydrogens (primary N) is 1. The lowest BCUT2D eigenvalue weighted by molar-refractivity contribution is 0.0698. The van der Waals surface area contributed by atoms with Crippen molar-refractivity contribution in [3.63, 3.8) is 0 Å². The van der Waals surface area contributed by atoms with Crippen LogP contribution < -0.4 is 16.4 Å². The summed E-state index contributed by atoms with van der Waals surface area (Å²) in [6.07, 6.45) is 4.17. The van der Waals surface area contributed by atoms with Crippen molar-refractivity contribution >= 4 is 23.4 Å². The van der Waals surface area contributed by atoms with Gasteiger partial charge < -0.3 is 21.5 Å². The largest absolute Gasteiger partial charge is 0.478 e. The molecular weight excluding hydrogens is 246 g/mol. The third-order valence-electron chi connectivity index (χ3n) is 3.21. The van der Waals surface area contributed by atoms with Gasteiger partial charge in [-0.25, -0.2) is 9.59 Å². The van der Waals surface area contributed by atoms with E-state index in [1.807, 2.05) is 0 Å². The number of carboxylic acid groups (broad SMARTS) is 1. The molecule has 5 N–H and O–H groups in total. The second-order valence-electron chi connectivity index (χ2n) is 4.69. The summed E-state index contributed by atoms with van der Waals surface area (Å²) in [6.45, 7) is 0. The average molecular weight is 263 g/mol. The van der Waals surface area contributed by atoms with E-state index in [4.69, 9.17) is 10.8 Å². The van der Waals surface area contributed by atoms with Crippen molar-refractivity contribution in [2.75, 3.05) is 11.1 Å². The van der Waals surface area contributed by atoms with Crippen LogP contribution in [0.5, 0.6) is 0 Å². The van der Waals surface area contributed by atoms with Crippen molar-refractivity contribution in [3.05, 3.63) is 23.8 Å². The Bertz CT molecular complexity index is 496. The topological polar surface area (TPSA) is 104 Å². The van der Waals surface area contributed by atoms with Gasteiger partial charge in [-0.15, -0.1) is 0 Å². The Kier molecular flexibility index (Phi) is 3.89. The smallest absolute Gasteiger partial charge is 0.337 e. The minimum absolute atomic E-state index is 0.0239. The van der Waals surface area contributed by atoms with E-state index in [0.29, 0.717) is 5.69 Å². The molecular formula is C13H17N3O3. The van der Waals surface area contributed by atoms with E-state index >= 15 is 0 Å². The normalized spacial score (nSPS) is 15.2. The number of rotatable bonds is 3. The molecule has 2 rings (SSSR count). The number of amides is 2. The van der Waals surface area contributed by atoms with Crippen molar-refractivity contribution in [3.8, 4) is 0 Å². The van der Waals surface area contributed by atoms with Crippen LogP contribution in [0.15, 0.2) is 18.2 Å². The second kappa shape index (κ2) is 5.60. The number of nitrogens with one attached hydrogen (secondary N) is 2. The maximum absolute atomic E-state index is 11.8. The van der Waals surface area contributed by atoms with E-state index in [9.17, 15) is 9.59 Å². The monoisotopic (exact) mass is 263 g/mol. The van der Waals surface area contributed by atoms with E-state index in [0.717, 1.165) is 25.7 Å². The van der Waals surface area contributed by atoms with Gasteiger partial charge in [-0.2, -0.15) is 0 Å². The fourth-order valence-corrected chi connectivity index (χ4v) is 2.27. The minimum atomic E-state index is -1.10. The highest BCUT2D eigenvalue weighted by atomic mass is 16.4. The molecule has 6 heteroatoms. The highest BCUT2D eigenvalue weighted by Gasteiger charge is 2.18. The molecule has 0 aliphatic heterocycles. The first-order valence-corrected chi connectivity index (χ1v) is 6.26. The summed E-state index contributed by atoms with van der Waals surface area (Å²) in [7, 11) is 0. The van der Waals surface area contributed by atoms with E-state index in [1.165, 1.54) is 18.2 Å². The van der Waals surface area contributed by atoms with Crippen LogP contribution >= 0.6 is 0 Å². The molecule has 0 heterocycles. The Balaban J connectivity index is 2.06. The molecule has 102 valence electrons. The lowest BCUT2D eigenvalue weighted by Crippen LogP contribution is -2.36. The molecule has 0 bridgehead atoms. The van der Waals surface area contributed by atoms with Crippen LogP contribution in [0.25, 0.3) is 0 Å². The molecule has 0 unspecified atom stereocenters. The molecule has 1 fully saturated rings. The molecule has 0 atom stereocenters. The Hall–Kier alpha value is -2.24. The first-order chi connectivity index (χ1) is 9.06. The Morgan fingerprint density at radius 3 is 2.58 bits per heavy atom. The Labute approximate surface area is 111 Å². The van der Waals surface area contributed by atoms with Gasteiger partial charge in [-0.05, 0) is 31.0 Å². The summed E-state index contributed by atoms with van der Waals surface area (Å²) < 4.78 is 0. The van der Waals surface area contributed by atoms with Crippen molar-refractivity contribution in [1.82, 2.24) is 5.32 Å². The summed E-state index contributed by atoms with van der Waals surface area (Å²) >= 11 is 0. The fraction of sp³-hybridized carbons (Fsp3) is 0.385. The third-order valence-corrected chi connectivity index (χ3v) is 3.21. The summed E-state index contributed by atoms with van der Waals surface area (Å²) in [4.78, 5) is 22.8. The predicted molar refractivity (Wildman–Crippen MR) is 72.2 cm³/mol. The number of hydrogen-bond acceptors (Lipinski definition) is 3. The number of carbonyl (C=O) groups is 2. The molecule has 1 aromatic rings. The van der Waals surface area contributed by atoms with Gasteiger partial charge in [0.05, 0.1) is 11.3 Å². The Morgan fingerprint density at radius 2 is 1.95 bits per heavy atom. The molecule has 19 heavy (non-hydrogen) atoms. The molecule has 1 aliphatic carbocycles. The first-order valence-electron chi connectivity index (χ1n) is 6.26. The predicted octanol–water partition coefficient (Wildman–Crippen LogP) is 2.03. The first kappa shape index (κ1) is 13.2. The van der Waals surface area contributed by atoms with Crippen molar-refractivity contribution in [2.45, 2.75) is 31.7 Å². The maximum Gasteiger partial charge on any atom is 0.337 e. The zero-order chi connectivity index (χ0) is 13.8. The van der Waals surface area contributed by atoms with E-state index in [2.05, 4.69) is 10.6 Å². The number of benzene rings is 1. The lowest BCUT2D eigenvalue weighted by Gasteiger charge is -2.14. The zero-order valence-corrected chi connectivity index (χ0v) is 10.5. The molecule has 0 saturated heterocycles. The van der Waals surface area contributed by atoms with Gasteiger partial charge in [0.25, 0.3) is 0 Å². The van der Waals surface area contributed by atoms with Crippen LogP contribution in [0.3, 0.4) is 0 Å². The summed E-state index contributed by atoms with van der Waals surface area (Å²) in [6, 6.07) is 4.10. The third kappa shape index (κ3) is 3.37. The highest BCUT2D eigenvalue weighted by Crippen LogP contribution is 2.20. The van der Waals surface area contributed by atoms with Gasteiger partial charge in [0, 0.05) is 11.7 Å². The van der Waals surface area contributed by atoms with Crippen LogP contribution in [0.4, 0.5) is 16.2 Å². The number of hydrogen-bond donors (Lipinski definition) is 4. The molecule has 1 saturated carbocycles. The maximum atomic E-state index is 11.8. The average Bonchev–Trinajstić information content (AvgIpc) is 2.81. The molecule has 1 aliphatic rings. The number of nitrogen functional groups attached to an aromatic ring is 1. The van der Waals surface area contributed by atoms with E-state index in [1.54, 1.807) is 0 Å². The van der Waals surface area contributed by atoms with Gasteiger partial charge in [0.15, 0.2) is 0 Å². The van der Waals surface area contributed by atoms with Crippen molar-refractivity contribution in [1.29, 1.82) is 0 Å². The number of carboxylic acids is 1. The van der Waals surface area contributed by atoms with Crippen LogP contribution in [0, 0.1) is 0 Å². The number of aromatic carboxylic acids is 1. The van der Waals surface area contributed by atoms with Crippen LogP contribution in [0.1, 0.15) is 36.0 Å². The van der Waals surface area contributed by atoms with Crippen LogP contribution in [-0.4, -0.2) is 23.1 Å². The van der Waals surface area contributed by atoms with E-state index in [-0.39, 0.29) is 23.3 Å². The van der Waals surface area contributed by atoms with E-state index < -0.39 is 5.97 Å². The highest BCUT2D eigenvalue weighted by molar-refractivity contribution is 6.00. The molecule has 0 spiro atoms. The standard InChI is InChI=1S/C13H17N3O3/c14-8-5-6-10(12(17)18)11(7-8)16-13(19)15-9-3-1-2-4-9/h5-7,9H,1-4,14H2,(H,17,18)(H2,15,16,19). The second-order valence-corrected chi connectivity index (χ2v) is 4.69. The van der Waals surface area contributed by atoms with Crippen LogP contribution in [0.2, 0.25) is 0 Å². The van der Waals surface area contributed by atoms with Gasteiger partial charge in [0.1, 0.15) is 0 Å². The number of urea groups is 1. The zero-order valence-electron chi connectivity index (χ0n) is 10.5. The quantitative estimate of drug-likeness (QED) is 0.626. The molecule has 2 amide bonds. The SMILES string of the molecule is Nc1ccc(C(=O)O)c(NC(=O)NC2CCCC2)c1. The summed E-state index contributed by atoms with van der Waals surface area (Å²) in [5, 5.41) is 14.4. The summed E-state index contributed by atoms with van der Waals surface area (Å²) in [5.41, 5.74) is 6.24.